The highest BCUT2D eigenvalue weighted by atomic mass is 79.9. The predicted octanol–water partition coefficient (Wildman–Crippen LogP) is 2.84. The van der Waals surface area contributed by atoms with Crippen LogP contribution in [0.3, 0.4) is 0 Å². The Labute approximate surface area is 81.4 Å². The lowest BCUT2D eigenvalue weighted by Crippen LogP contribution is -2.01. The number of aryl methyl sites for hydroxylation is 2. The quantitative estimate of drug-likeness (QED) is 0.728. The molecular formula is C9H13BrN2. The minimum atomic E-state index is 0.918. The molecule has 1 rings (SSSR count). The van der Waals surface area contributed by atoms with E-state index in [2.05, 4.69) is 34.5 Å². The van der Waals surface area contributed by atoms with Gasteiger partial charge in [-0.3, -0.25) is 4.68 Å². The van der Waals surface area contributed by atoms with Crippen molar-refractivity contribution in [2.24, 2.45) is 0 Å². The van der Waals surface area contributed by atoms with Gasteiger partial charge in [0.1, 0.15) is 0 Å². The maximum Gasteiger partial charge on any atom is 0.0738 e. The minimum absolute atomic E-state index is 0.918. The fraction of sp³-hybridized carbons (Fsp3) is 0.444. The summed E-state index contributed by atoms with van der Waals surface area (Å²) in [5.41, 5.74) is 2.24. The highest BCUT2D eigenvalue weighted by Crippen LogP contribution is 2.19. The van der Waals surface area contributed by atoms with E-state index >= 15 is 0 Å². The fourth-order valence-electron chi connectivity index (χ4n) is 1.11. The summed E-state index contributed by atoms with van der Waals surface area (Å²) in [7, 11) is 0. The van der Waals surface area contributed by atoms with Crippen molar-refractivity contribution in [1.29, 1.82) is 0 Å². The van der Waals surface area contributed by atoms with Gasteiger partial charge in [-0.15, -0.1) is 6.58 Å². The molecule has 0 aromatic carbocycles. The SMILES string of the molecule is C=CCCn1nc(C)c(Br)c1C. The molecule has 0 atom stereocenters. The maximum atomic E-state index is 4.37. The van der Waals surface area contributed by atoms with Crippen molar-refractivity contribution in [3.05, 3.63) is 28.5 Å². The van der Waals surface area contributed by atoms with Gasteiger partial charge in [0.25, 0.3) is 0 Å². The zero-order valence-corrected chi connectivity index (χ0v) is 9.06. The molecule has 3 heteroatoms. The van der Waals surface area contributed by atoms with Crippen molar-refractivity contribution in [2.75, 3.05) is 0 Å². The summed E-state index contributed by atoms with van der Waals surface area (Å²) in [6.45, 7) is 8.66. The topological polar surface area (TPSA) is 17.8 Å². The van der Waals surface area contributed by atoms with Crippen molar-refractivity contribution in [2.45, 2.75) is 26.8 Å². The van der Waals surface area contributed by atoms with E-state index in [1.807, 2.05) is 17.7 Å². The van der Waals surface area contributed by atoms with Gasteiger partial charge in [0.15, 0.2) is 0 Å². The Kier molecular flexibility index (Phi) is 3.09. The van der Waals surface area contributed by atoms with E-state index in [9.17, 15) is 0 Å². The molecule has 0 radical (unpaired) electrons. The second kappa shape index (κ2) is 3.90. The Morgan fingerprint density at radius 2 is 2.25 bits per heavy atom. The van der Waals surface area contributed by atoms with Gasteiger partial charge in [-0.25, -0.2) is 0 Å². The van der Waals surface area contributed by atoms with Gasteiger partial charge in [-0.05, 0) is 36.2 Å². The Bertz CT molecular complexity index is 289. The molecule has 0 amide bonds. The summed E-state index contributed by atoms with van der Waals surface area (Å²) in [6.07, 6.45) is 2.87. The lowest BCUT2D eigenvalue weighted by atomic mass is 10.4. The van der Waals surface area contributed by atoms with Crippen LogP contribution in [0.1, 0.15) is 17.8 Å². The summed E-state index contributed by atoms with van der Waals surface area (Å²) in [4.78, 5) is 0. The van der Waals surface area contributed by atoms with E-state index in [-0.39, 0.29) is 0 Å². The van der Waals surface area contributed by atoms with Crippen LogP contribution in [-0.2, 0) is 6.54 Å². The second-order valence-corrected chi connectivity index (χ2v) is 3.58. The van der Waals surface area contributed by atoms with Crippen LogP contribution in [0.2, 0.25) is 0 Å². The summed E-state index contributed by atoms with van der Waals surface area (Å²) in [6, 6.07) is 0. The molecular weight excluding hydrogens is 216 g/mol. The molecule has 0 saturated carbocycles. The molecule has 0 saturated heterocycles. The number of aromatic nitrogens is 2. The third-order valence-electron chi connectivity index (χ3n) is 1.84. The number of hydrogen-bond donors (Lipinski definition) is 0. The van der Waals surface area contributed by atoms with Crippen LogP contribution in [0.5, 0.6) is 0 Å². The van der Waals surface area contributed by atoms with Crippen molar-refractivity contribution in [3.8, 4) is 0 Å². The monoisotopic (exact) mass is 228 g/mol. The van der Waals surface area contributed by atoms with Gasteiger partial charge >= 0.3 is 0 Å². The fourth-order valence-corrected chi connectivity index (χ4v) is 1.39. The van der Waals surface area contributed by atoms with Gasteiger partial charge in [0.2, 0.25) is 0 Å². The second-order valence-electron chi connectivity index (χ2n) is 2.79. The molecule has 0 unspecified atom stereocenters. The highest BCUT2D eigenvalue weighted by Gasteiger charge is 2.06. The van der Waals surface area contributed by atoms with Gasteiger partial charge < -0.3 is 0 Å². The summed E-state index contributed by atoms with van der Waals surface area (Å²) >= 11 is 3.48. The first-order valence-corrected chi connectivity index (χ1v) is 4.76. The van der Waals surface area contributed by atoms with Crippen LogP contribution in [-0.4, -0.2) is 9.78 Å². The van der Waals surface area contributed by atoms with Crippen LogP contribution < -0.4 is 0 Å². The maximum absolute atomic E-state index is 4.37. The number of allylic oxidation sites excluding steroid dienone is 1. The molecule has 66 valence electrons. The van der Waals surface area contributed by atoms with Gasteiger partial charge in [0.05, 0.1) is 10.2 Å². The zero-order valence-electron chi connectivity index (χ0n) is 7.47. The highest BCUT2D eigenvalue weighted by molar-refractivity contribution is 9.10. The summed E-state index contributed by atoms with van der Waals surface area (Å²) in [5.74, 6) is 0. The van der Waals surface area contributed by atoms with Gasteiger partial charge in [-0.2, -0.15) is 5.10 Å². The Morgan fingerprint density at radius 3 is 2.67 bits per heavy atom. The van der Waals surface area contributed by atoms with Crippen molar-refractivity contribution in [1.82, 2.24) is 9.78 Å². The van der Waals surface area contributed by atoms with Crippen LogP contribution in [0.15, 0.2) is 17.1 Å². The molecule has 1 aromatic rings. The largest absolute Gasteiger partial charge is 0.268 e. The number of nitrogens with zero attached hydrogens (tertiary/aromatic N) is 2. The lowest BCUT2D eigenvalue weighted by molar-refractivity contribution is 0.602. The van der Waals surface area contributed by atoms with Crippen LogP contribution in [0.25, 0.3) is 0 Å². The molecule has 0 N–H and O–H groups in total. The molecule has 1 aromatic heterocycles. The number of halogens is 1. The Morgan fingerprint density at radius 1 is 1.58 bits per heavy atom. The number of rotatable bonds is 3. The third-order valence-corrected chi connectivity index (χ3v) is 2.99. The standard InChI is InChI=1S/C9H13BrN2/c1-4-5-6-12-8(3)9(10)7(2)11-12/h4H,1,5-6H2,2-3H3. The van der Waals surface area contributed by atoms with E-state index in [1.54, 1.807) is 0 Å². The molecule has 1 heterocycles. The van der Waals surface area contributed by atoms with E-state index in [0.29, 0.717) is 0 Å². The van der Waals surface area contributed by atoms with E-state index < -0.39 is 0 Å². The first kappa shape index (κ1) is 9.52. The predicted molar refractivity (Wildman–Crippen MR) is 54.2 cm³/mol. The third kappa shape index (κ3) is 1.78. The average Bonchev–Trinajstić information content (AvgIpc) is 2.30. The molecule has 0 fully saturated rings. The van der Waals surface area contributed by atoms with Crippen molar-refractivity contribution >= 4 is 15.9 Å². The minimum Gasteiger partial charge on any atom is -0.268 e. The summed E-state index contributed by atoms with van der Waals surface area (Å²) < 4.78 is 3.12. The normalized spacial score (nSPS) is 10.2. The van der Waals surface area contributed by atoms with Crippen LogP contribution in [0.4, 0.5) is 0 Å². The number of hydrogen-bond acceptors (Lipinski definition) is 1. The summed E-state index contributed by atoms with van der Waals surface area (Å²) in [5, 5.41) is 4.37. The van der Waals surface area contributed by atoms with Gasteiger partial charge in [-0.1, -0.05) is 6.08 Å². The van der Waals surface area contributed by atoms with Crippen molar-refractivity contribution < 1.29 is 0 Å². The Balaban J connectivity index is 2.85. The molecule has 0 aliphatic rings. The van der Waals surface area contributed by atoms with Crippen LogP contribution in [0, 0.1) is 13.8 Å². The molecule has 0 aliphatic carbocycles. The first-order valence-electron chi connectivity index (χ1n) is 3.97. The van der Waals surface area contributed by atoms with E-state index in [4.69, 9.17) is 0 Å². The molecule has 0 bridgehead atoms. The van der Waals surface area contributed by atoms with E-state index in [1.165, 1.54) is 5.69 Å². The average molecular weight is 229 g/mol. The lowest BCUT2D eigenvalue weighted by Gasteiger charge is -2.00. The van der Waals surface area contributed by atoms with Crippen LogP contribution >= 0.6 is 15.9 Å². The molecule has 0 aliphatic heterocycles. The molecule has 2 nitrogen and oxygen atoms in total. The Hall–Kier alpha value is -0.570. The van der Waals surface area contributed by atoms with Gasteiger partial charge in [0, 0.05) is 12.2 Å². The smallest absolute Gasteiger partial charge is 0.0738 e. The van der Waals surface area contributed by atoms with E-state index in [0.717, 1.165) is 23.1 Å². The van der Waals surface area contributed by atoms with Crippen molar-refractivity contribution in [3.63, 3.8) is 0 Å². The molecule has 0 spiro atoms. The zero-order chi connectivity index (χ0) is 9.14. The first-order chi connectivity index (χ1) is 5.66. The molecule has 12 heavy (non-hydrogen) atoms.